The minimum Gasteiger partial charge on any atom is -0.397 e. The molecule has 0 saturated heterocycles. The molecule has 0 fully saturated rings. The number of nitrogens with two attached hydrogens (primary N) is 2. The van der Waals surface area contributed by atoms with Crippen molar-refractivity contribution in [2.75, 3.05) is 22.1 Å². The van der Waals surface area contributed by atoms with Gasteiger partial charge in [-0.1, -0.05) is 12.1 Å². The molecular formula is C33H26N8O13S4. The molecule has 6 aromatic carbocycles. The monoisotopic (exact) mass is 870 g/mol. The molecule has 0 aromatic heterocycles. The van der Waals surface area contributed by atoms with Crippen LogP contribution in [-0.4, -0.2) is 57.9 Å². The van der Waals surface area contributed by atoms with E-state index < -0.39 is 66.1 Å². The van der Waals surface area contributed by atoms with Gasteiger partial charge in [0.05, 0.1) is 32.5 Å². The lowest BCUT2D eigenvalue weighted by Gasteiger charge is -2.10. The summed E-state index contributed by atoms with van der Waals surface area (Å²) in [7, 11) is -19.8. The van der Waals surface area contributed by atoms with Crippen molar-refractivity contribution in [3.8, 4) is 0 Å². The first-order valence-corrected chi connectivity index (χ1v) is 21.5. The van der Waals surface area contributed by atoms with Gasteiger partial charge >= 0.3 is 6.03 Å². The lowest BCUT2D eigenvalue weighted by molar-refractivity contribution is 0.262. The molecule has 0 heterocycles. The number of rotatable bonds is 10. The number of anilines is 4. The van der Waals surface area contributed by atoms with Crippen LogP contribution in [0.1, 0.15) is 0 Å². The molecule has 6 rings (SSSR count). The highest BCUT2D eigenvalue weighted by atomic mass is 32.2. The van der Waals surface area contributed by atoms with Gasteiger partial charge in [0, 0.05) is 32.9 Å². The molecule has 2 amide bonds. The maximum atomic E-state index is 12.7. The summed E-state index contributed by atoms with van der Waals surface area (Å²) in [4.78, 5) is 9.41. The van der Waals surface area contributed by atoms with Gasteiger partial charge in [-0.3, -0.25) is 18.2 Å². The van der Waals surface area contributed by atoms with E-state index in [1.807, 2.05) is 0 Å². The Labute approximate surface area is 328 Å². The summed E-state index contributed by atoms with van der Waals surface area (Å²) in [6.07, 6.45) is 0. The summed E-state index contributed by atoms with van der Waals surface area (Å²) >= 11 is 0. The van der Waals surface area contributed by atoms with E-state index in [0.29, 0.717) is 23.5 Å². The second-order valence-corrected chi connectivity index (χ2v) is 17.6. The van der Waals surface area contributed by atoms with Gasteiger partial charge in [-0.05, 0) is 84.9 Å². The minimum absolute atomic E-state index is 0.0423. The summed E-state index contributed by atoms with van der Waals surface area (Å²) in [6.45, 7) is 0. The van der Waals surface area contributed by atoms with Crippen molar-refractivity contribution in [3.63, 3.8) is 0 Å². The standard InChI is InChI=1S/C33H26N8O13S4/c34-27-11-9-23-25(13-21(55(43,44)45)15-29(23)57(49,50)51)31(27)40-38-19-5-1-17(2-6-19)36-33(42)37-18-3-7-20(8-4-18)39-41-32-26-14-22(56(46,47)48)16-30(58(52,53)54)24(26)10-12-28(32)35/h1-16H,34-35H2,(H2,36,37,42)(H,43,44,45)(H,46,47,48)(H,49,50,51)(H,52,53,54). The average Bonchev–Trinajstić information content (AvgIpc) is 3.12. The summed E-state index contributed by atoms with van der Waals surface area (Å²) < 4.78 is 134. The molecule has 25 heteroatoms. The van der Waals surface area contributed by atoms with Gasteiger partial charge in [-0.25, -0.2) is 4.79 Å². The molecular weight excluding hydrogens is 845 g/mol. The van der Waals surface area contributed by atoms with Crippen LogP contribution in [0.3, 0.4) is 0 Å². The van der Waals surface area contributed by atoms with E-state index in [1.165, 1.54) is 72.8 Å². The maximum absolute atomic E-state index is 12.7. The molecule has 0 spiro atoms. The summed E-state index contributed by atoms with van der Waals surface area (Å²) in [5, 5.41) is 20.8. The van der Waals surface area contributed by atoms with Crippen molar-refractivity contribution >= 4 is 114 Å². The SMILES string of the molecule is Nc1ccc2c(S(=O)(=O)O)cc(S(=O)(=O)O)cc2c1N=Nc1ccc(NC(=O)Nc2ccc(N=Nc3c(N)ccc4c(S(=O)(=O)O)cc(S(=O)(=O)O)cc34)cc2)cc1. The zero-order chi connectivity index (χ0) is 42.4. The lowest BCUT2D eigenvalue weighted by atomic mass is 10.1. The van der Waals surface area contributed by atoms with Crippen molar-refractivity contribution in [3.05, 3.63) is 97.1 Å². The van der Waals surface area contributed by atoms with E-state index in [1.54, 1.807) is 0 Å². The largest absolute Gasteiger partial charge is 0.397 e. The van der Waals surface area contributed by atoms with Crippen molar-refractivity contribution < 1.29 is 56.7 Å². The second kappa shape index (κ2) is 15.1. The lowest BCUT2D eigenvalue weighted by Crippen LogP contribution is -2.19. The van der Waals surface area contributed by atoms with E-state index >= 15 is 0 Å². The number of carbonyl (C=O) groups excluding carboxylic acids is 1. The Morgan fingerprint density at radius 3 is 1.10 bits per heavy atom. The third kappa shape index (κ3) is 9.06. The van der Waals surface area contributed by atoms with E-state index in [-0.39, 0.29) is 55.7 Å². The Bertz CT molecular complexity index is 2980. The number of nitrogen functional groups attached to an aromatic ring is 2. The Balaban J connectivity index is 1.16. The predicted molar refractivity (Wildman–Crippen MR) is 210 cm³/mol. The normalized spacial score (nSPS) is 12.8. The van der Waals surface area contributed by atoms with E-state index in [0.717, 1.165) is 12.1 Å². The molecule has 0 unspecified atom stereocenters. The topological polar surface area (TPSA) is 360 Å². The highest BCUT2D eigenvalue weighted by molar-refractivity contribution is 7.87. The number of azo groups is 2. The molecule has 58 heavy (non-hydrogen) atoms. The van der Waals surface area contributed by atoms with Gasteiger partial charge in [-0.2, -0.15) is 43.9 Å². The number of urea groups is 1. The van der Waals surface area contributed by atoms with Crippen LogP contribution in [0.2, 0.25) is 0 Å². The number of hydrogen-bond acceptors (Lipinski definition) is 15. The van der Waals surface area contributed by atoms with Gasteiger partial charge < -0.3 is 22.1 Å². The van der Waals surface area contributed by atoms with Crippen LogP contribution >= 0.6 is 0 Å². The highest BCUT2D eigenvalue weighted by Crippen LogP contribution is 2.40. The maximum Gasteiger partial charge on any atom is 0.323 e. The Hall–Kier alpha value is -6.45. The molecule has 0 atom stereocenters. The summed E-state index contributed by atoms with van der Waals surface area (Å²) in [5.74, 6) is 0. The van der Waals surface area contributed by atoms with E-state index in [4.69, 9.17) is 11.5 Å². The fourth-order valence-corrected chi connectivity index (χ4v) is 8.11. The number of fused-ring (bicyclic) bond motifs is 2. The second-order valence-electron chi connectivity index (χ2n) is 12.0. The number of nitrogens with one attached hydrogen (secondary N) is 2. The zero-order valence-electron chi connectivity index (χ0n) is 28.8. The van der Waals surface area contributed by atoms with Gasteiger partial charge in [0.15, 0.2) is 0 Å². The van der Waals surface area contributed by atoms with Crippen LogP contribution in [0.25, 0.3) is 21.5 Å². The number of carbonyl (C=O) groups is 1. The van der Waals surface area contributed by atoms with Crippen LogP contribution in [-0.2, 0) is 40.5 Å². The first-order valence-electron chi connectivity index (χ1n) is 15.7. The van der Waals surface area contributed by atoms with Crippen molar-refractivity contribution in [2.45, 2.75) is 19.6 Å². The molecule has 21 nitrogen and oxygen atoms in total. The van der Waals surface area contributed by atoms with Crippen LogP contribution in [0.4, 0.5) is 50.3 Å². The summed E-state index contributed by atoms with van der Waals surface area (Å²) in [6, 6.07) is 19.0. The predicted octanol–water partition coefficient (Wildman–Crippen LogP) is 6.62. The fourth-order valence-electron chi connectivity index (χ4n) is 5.43. The van der Waals surface area contributed by atoms with Gasteiger partial charge in [-0.15, -0.1) is 10.2 Å². The molecule has 0 saturated carbocycles. The molecule has 6 aromatic rings. The zero-order valence-corrected chi connectivity index (χ0v) is 32.0. The van der Waals surface area contributed by atoms with Crippen LogP contribution < -0.4 is 22.1 Å². The van der Waals surface area contributed by atoms with Crippen molar-refractivity contribution in [1.29, 1.82) is 0 Å². The highest BCUT2D eigenvalue weighted by Gasteiger charge is 2.24. The first kappa shape index (κ1) is 41.2. The Kier molecular flexibility index (Phi) is 10.8. The first-order chi connectivity index (χ1) is 27.0. The Morgan fingerprint density at radius 2 is 0.793 bits per heavy atom. The average molecular weight is 871 g/mol. The van der Waals surface area contributed by atoms with Gasteiger partial charge in [0.25, 0.3) is 40.5 Å². The molecule has 0 aliphatic heterocycles. The smallest absolute Gasteiger partial charge is 0.323 e. The van der Waals surface area contributed by atoms with Crippen LogP contribution in [0.15, 0.2) is 137 Å². The van der Waals surface area contributed by atoms with Crippen molar-refractivity contribution in [2.24, 2.45) is 20.5 Å². The number of benzene rings is 6. The number of hydrogen-bond donors (Lipinski definition) is 8. The third-order valence-corrected chi connectivity index (χ3v) is 11.5. The molecule has 0 aliphatic carbocycles. The summed E-state index contributed by atoms with van der Waals surface area (Å²) in [5.41, 5.74) is 12.7. The van der Waals surface area contributed by atoms with Gasteiger partial charge in [0.2, 0.25) is 0 Å². The molecule has 0 aliphatic rings. The molecule has 10 N–H and O–H groups in total. The number of nitrogens with zero attached hydrogens (tertiary/aromatic N) is 4. The van der Waals surface area contributed by atoms with Gasteiger partial charge in [0.1, 0.15) is 21.2 Å². The fraction of sp³-hybridized carbons (Fsp3) is 0. The number of amides is 2. The third-order valence-electron chi connectivity index (χ3n) is 8.08. The molecule has 0 radical (unpaired) electrons. The molecule has 0 bridgehead atoms. The van der Waals surface area contributed by atoms with E-state index in [2.05, 4.69) is 31.1 Å². The van der Waals surface area contributed by atoms with E-state index in [9.17, 15) is 56.7 Å². The quantitative estimate of drug-likeness (QED) is 0.0407. The van der Waals surface area contributed by atoms with Crippen molar-refractivity contribution in [1.82, 2.24) is 0 Å². The van der Waals surface area contributed by atoms with Crippen LogP contribution in [0, 0.1) is 0 Å². The Morgan fingerprint density at radius 1 is 0.448 bits per heavy atom. The molecule has 300 valence electrons. The minimum atomic E-state index is -4.96. The van der Waals surface area contributed by atoms with Crippen LogP contribution in [0.5, 0.6) is 0 Å².